The summed E-state index contributed by atoms with van der Waals surface area (Å²) in [7, 11) is 8.93. The van der Waals surface area contributed by atoms with Crippen LogP contribution in [0.5, 0.6) is 0 Å². The van der Waals surface area contributed by atoms with Crippen molar-refractivity contribution < 1.29 is 5.11 Å². The minimum Gasteiger partial charge on any atom is -0.396 e. The van der Waals surface area contributed by atoms with Crippen LogP contribution in [0.2, 0.25) is 0 Å². The number of aliphatic hydroxyl groups excluding tert-OH is 1. The van der Waals surface area contributed by atoms with Crippen LogP contribution in [0.25, 0.3) is 0 Å². The Kier molecular flexibility index (Phi) is 5.51. The lowest BCUT2D eigenvalue weighted by molar-refractivity contribution is -0.0892. The highest BCUT2D eigenvalue weighted by atomic mass is 16.3. The Morgan fingerprint density at radius 3 is 2.46 bits per heavy atom. The number of hydrogen-bond acceptors (Lipinski definition) is 3. The molecule has 28 heavy (non-hydrogen) atoms. The molecule has 0 aliphatic heterocycles. The van der Waals surface area contributed by atoms with Crippen LogP contribution in [0.15, 0.2) is 11.6 Å². The van der Waals surface area contributed by atoms with Gasteiger partial charge in [-0.3, -0.25) is 0 Å². The van der Waals surface area contributed by atoms with Crippen molar-refractivity contribution >= 4 is 0 Å². The molecule has 4 aliphatic rings. The van der Waals surface area contributed by atoms with Crippen molar-refractivity contribution in [3.63, 3.8) is 0 Å². The van der Waals surface area contributed by atoms with E-state index in [-0.39, 0.29) is 5.41 Å². The predicted molar refractivity (Wildman–Crippen MR) is 117 cm³/mol. The van der Waals surface area contributed by atoms with Gasteiger partial charge in [-0.25, -0.2) is 0 Å². The van der Waals surface area contributed by atoms with Crippen LogP contribution in [-0.4, -0.2) is 61.8 Å². The van der Waals surface area contributed by atoms with Gasteiger partial charge in [-0.1, -0.05) is 18.6 Å². The zero-order valence-electron chi connectivity index (χ0n) is 19.2. The predicted octanol–water partition coefficient (Wildman–Crippen LogP) is 4.42. The number of aliphatic hydroxyl groups is 1. The Labute approximate surface area is 173 Å². The van der Waals surface area contributed by atoms with Gasteiger partial charge in [0.1, 0.15) is 0 Å². The topological polar surface area (TPSA) is 26.7 Å². The lowest BCUT2D eigenvalue weighted by Gasteiger charge is -2.59. The molecule has 3 nitrogen and oxygen atoms in total. The molecule has 4 rings (SSSR count). The zero-order chi connectivity index (χ0) is 20.3. The molecule has 160 valence electrons. The fourth-order valence-corrected chi connectivity index (χ4v) is 8.33. The van der Waals surface area contributed by atoms with Crippen LogP contribution in [0.4, 0.5) is 0 Å². The number of allylic oxidation sites excluding steroid dienone is 1. The molecule has 0 radical (unpaired) electrons. The molecule has 0 amide bonds. The van der Waals surface area contributed by atoms with Gasteiger partial charge in [-0.05, 0) is 116 Å². The molecule has 0 spiro atoms. The molecule has 1 N–H and O–H groups in total. The van der Waals surface area contributed by atoms with Gasteiger partial charge in [0.05, 0.1) is 0 Å². The number of hydrogen-bond donors (Lipinski definition) is 1. The van der Waals surface area contributed by atoms with Crippen molar-refractivity contribution in [1.29, 1.82) is 0 Å². The third-order valence-electron chi connectivity index (χ3n) is 10.3. The van der Waals surface area contributed by atoms with Crippen LogP contribution in [0.3, 0.4) is 0 Å². The Hall–Kier alpha value is -0.380. The van der Waals surface area contributed by atoms with Crippen molar-refractivity contribution in [1.82, 2.24) is 9.80 Å². The third kappa shape index (κ3) is 2.94. The molecule has 3 saturated carbocycles. The highest BCUT2D eigenvalue weighted by Gasteiger charge is 2.61. The summed E-state index contributed by atoms with van der Waals surface area (Å²) in [6.45, 7) is 5.39. The van der Waals surface area contributed by atoms with Gasteiger partial charge >= 0.3 is 0 Å². The molecule has 4 aliphatic carbocycles. The fourth-order valence-electron chi connectivity index (χ4n) is 8.33. The smallest absolute Gasteiger partial charge is 0.0493 e. The van der Waals surface area contributed by atoms with E-state index >= 15 is 0 Å². The maximum atomic E-state index is 10.7. The van der Waals surface area contributed by atoms with Crippen LogP contribution in [-0.2, 0) is 0 Å². The van der Waals surface area contributed by atoms with Gasteiger partial charge in [-0.2, -0.15) is 0 Å². The monoisotopic (exact) mass is 388 g/mol. The minimum atomic E-state index is 0.174. The lowest BCUT2D eigenvalue weighted by atomic mass is 9.46. The summed E-state index contributed by atoms with van der Waals surface area (Å²) in [5.74, 6) is 3.02. The molecular formula is C25H44N2O. The van der Waals surface area contributed by atoms with E-state index in [0.717, 1.165) is 23.8 Å². The van der Waals surface area contributed by atoms with Crippen molar-refractivity contribution in [3.8, 4) is 0 Å². The Balaban J connectivity index is 1.62. The van der Waals surface area contributed by atoms with E-state index in [0.29, 0.717) is 24.0 Å². The summed E-state index contributed by atoms with van der Waals surface area (Å²) in [5, 5.41) is 10.7. The molecule has 0 unspecified atom stereocenters. The van der Waals surface area contributed by atoms with Crippen LogP contribution >= 0.6 is 0 Å². The first kappa shape index (κ1) is 20.9. The van der Waals surface area contributed by atoms with Crippen LogP contribution < -0.4 is 0 Å². The number of fused-ring (bicyclic) bond motifs is 5. The Morgan fingerprint density at radius 1 is 1.07 bits per heavy atom. The van der Waals surface area contributed by atoms with E-state index in [9.17, 15) is 5.11 Å². The SMILES string of the molecule is C[C@@H]([C@@H]1CC[C@H]2[C@@H]3CC=C4C[C@@H](N(C)C)CC[C@]4(C)[C@H]3CC[C@@]21CO)N(C)C. The molecule has 8 atom stereocenters. The first-order valence-electron chi connectivity index (χ1n) is 11.9. The maximum absolute atomic E-state index is 10.7. The highest BCUT2D eigenvalue weighted by molar-refractivity contribution is 5.26. The normalized spacial score (nSPS) is 46.8. The van der Waals surface area contributed by atoms with E-state index in [4.69, 9.17) is 0 Å². The van der Waals surface area contributed by atoms with E-state index in [1.165, 1.54) is 51.4 Å². The largest absolute Gasteiger partial charge is 0.396 e. The first-order chi connectivity index (χ1) is 13.2. The van der Waals surface area contributed by atoms with Crippen LogP contribution in [0, 0.1) is 34.5 Å². The first-order valence-corrected chi connectivity index (χ1v) is 11.9. The average Bonchev–Trinajstić information content (AvgIpc) is 3.06. The van der Waals surface area contributed by atoms with Crippen LogP contribution in [0.1, 0.15) is 65.2 Å². The lowest BCUT2D eigenvalue weighted by Crippen LogP contribution is -2.54. The molecule has 0 bridgehead atoms. The van der Waals surface area contributed by atoms with Crippen molar-refractivity contribution in [2.45, 2.75) is 77.3 Å². The second-order valence-corrected chi connectivity index (χ2v) is 11.4. The molecular weight excluding hydrogens is 344 g/mol. The summed E-state index contributed by atoms with van der Waals surface area (Å²) < 4.78 is 0. The standard InChI is InChI=1S/C25H44N2O/c1-17(26(3)4)21-9-10-23-20-8-7-18-15-19(27(5)6)11-13-24(18,2)22(20)12-14-25(21,23)16-28/h7,17,19-23,28H,8-16H2,1-6H3/t17-,19-,20+,21-,22-,23-,24-,25-/m0/s1. The Morgan fingerprint density at radius 2 is 1.82 bits per heavy atom. The van der Waals surface area contributed by atoms with E-state index in [1.807, 2.05) is 0 Å². The van der Waals surface area contributed by atoms with Gasteiger partial charge in [-0.15, -0.1) is 0 Å². The number of rotatable bonds is 4. The quantitative estimate of drug-likeness (QED) is 0.722. The van der Waals surface area contributed by atoms with Crippen molar-refractivity contribution in [3.05, 3.63) is 11.6 Å². The molecule has 0 aromatic rings. The zero-order valence-corrected chi connectivity index (χ0v) is 19.2. The molecule has 0 saturated heterocycles. The van der Waals surface area contributed by atoms with Crippen molar-refractivity contribution in [2.75, 3.05) is 34.8 Å². The fraction of sp³-hybridized carbons (Fsp3) is 0.920. The van der Waals surface area contributed by atoms with E-state index in [1.54, 1.807) is 5.57 Å². The van der Waals surface area contributed by atoms with E-state index in [2.05, 4.69) is 57.9 Å². The second kappa shape index (κ2) is 7.39. The summed E-state index contributed by atoms with van der Waals surface area (Å²) in [4.78, 5) is 4.83. The molecule has 3 heteroatoms. The highest BCUT2D eigenvalue weighted by Crippen LogP contribution is 2.66. The van der Waals surface area contributed by atoms with E-state index < -0.39 is 0 Å². The molecule has 3 fully saturated rings. The Bertz CT molecular complexity index is 614. The van der Waals surface area contributed by atoms with Gasteiger partial charge < -0.3 is 14.9 Å². The third-order valence-corrected chi connectivity index (χ3v) is 10.3. The van der Waals surface area contributed by atoms with Gasteiger partial charge in [0.15, 0.2) is 0 Å². The summed E-state index contributed by atoms with van der Waals surface area (Å²) in [5.41, 5.74) is 2.36. The molecule has 0 heterocycles. The summed E-state index contributed by atoms with van der Waals surface area (Å²) in [6, 6.07) is 1.29. The maximum Gasteiger partial charge on any atom is 0.0493 e. The minimum absolute atomic E-state index is 0.174. The summed E-state index contributed by atoms with van der Waals surface area (Å²) in [6.07, 6.45) is 13.1. The number of nitrogens with zero attached hydrogens (tertiary/aromatic N) is 2. The summed E-state index contributed by atoms with van der Waals surface area (Å²) >= 11 is 0. The molecule has 0 aromatic heterocycles. The van der Waals surface area contributed by atoms with Gasteiger partial charge in [0.25, 0.3) is 0 Å². The van der Waals surface area contributed by atoms with Crippen molar-refractivity contribution in [2.24, 2.45) is 34.5 Å². The van der Waals surface area contributed by atoms with Gasteiger partial charge in [0.2, 0.25) is 0 Å². The second-order valence-electron chi connectivity index (χ2n) is 11.4. The average molecular weight is 389 g/mol. The van der Waals surface area contributed by atoms with Gasteiger partial charge in [0, 0.05) is 24.1 Å². The molecule has 0 aromatic carbocycles.